The van der Waals surface area contributed by atoms with Gasteiger partial charge in [0.25, 0.3) is 0 Å². The highest BCUT2D eigenvalue weighted by molar-refractivity contribution is 5.89. The Kier molecular flexibility index (Phi) is 4.28. The second-order valence-corrected chi connectivity index (χ2v) is 5.45. The molecule has 1 fully saturated rings. The minimum atomic E-state index is -0.965. The molecule has 0 aliphatic heterocycles. The summed E-state index contributed by atoms with van der Waals surface area (Å²) in [7, 11) is 1.58. The Bertz CT molecular complexity index is 486. The summed E-state index contributed by atoms with van der Waals surface area (Å²) in [6.45, 7) is 1.81. The van der Waals surface area contributed by atoms with Gasteiger partial charge in [-0.1, -0.05) is 12.8 Å². The fourth-order valence-electron chi connectivity index (χ4n) is 3.01. The van der Waals surface area contributed by atoms with Gasteiger partial charge in [-0.25, -0.2) is 4.39 Å². The number of ether oxygens (including phenoxy) is 1. The summed E-state index contributed by atoms with van der Waals surface area (Å²) in [5.41, 5.74) is 6.00. The second-order valence-electron chi connectivity index (χ2n) is 5.45. The van der Waals surface area contributed by atoms with Gasteiger partial charge in [0.05, 0.1) is 6.10 Å². The van der Waals surface area contributed by atoms with E-state index in [1.165, 1.54) is 12.1 Å². The fourth-order valence-corrected chi connectivity index (χ4v) is 3.01. The summed E-state index contributed by atoms with van der Waals surface area (Å²) < 4.78 is 18.9. The van der Waals surface area contributed by atoms with Crippen LogP contribution in [0.5, 0.6) is 0 Å². The van der Waals surface area contributed by atoms with Crippen LogP contribution in [0, 0.1) is 12.7 Å². The molecule has 0 saturated heterocycles. The molecule has 1 aromatic carbocycles. The molecule has 0 radical (unpaired) electrons. The van der Waals surface area contributed by atoms with Crippen LogP contribution in [0.4, 0.5) is 10.1 Å². The monoisotopic (exact) mass is 280 g/mol. The van der Waals surface area contributed by atoms with Crippen LogP contribution in [0.1, 0.15) is 31.2 Å². The quantitative estimate of drug-likeness (QED) is 0.890. The van der Waals surface area contributed by atoms with Gasteiger partial charge in [-0.2, -0.15) is 0 Å². The molecule has 20 heavy (non-hydrogen) atoms. The van der Waals surface area contributed by atoms with E-state index in [1.54, 1.807) is 20.1 Å². The van der Waals surface area contributed by atoms with Gasteiger partial charge in [0.2, 0.25) is 5.91 Å². The number of hydrogen-bond acceptors (Lipinski definition) is 3. The van der Waals surface area contributed by atoms with Gasteiger partial charge < -0.3 is 15.8 Å². The van der Waals surface area contributed by atoms with Crippen molar-refractivity contribution >= 4 is 11.6 Å². The number of carbonyl (C=O) groups is 1. The zero-order valence-corrected chi connectivity index (χ0v) is 11.9. The van der Waals surface area contributed by atoms with Crippen LogP contribution in [0.2, 0.25) is 0 Å². The van der Waals surface area contributed by atoms with Crippen LogP contribution in [0.3, 0.4) is 0 Å². The highest BCUT2D eigenvalue weighted by Crippen LogP contribution is 2.34. The summed E-state index contributed by atoms with van der Waals surface area (Å²) in [6, 6.07) is 4.62. The van der Waals surface area contributed by atoms with Gasteiger partial charge in [0.15, 0.2) is 0 Å². The van der Waals surface area contributed by atoms with Crippen molar-refractivity contribution in [3.63, 3.8) is 0 Å². The molecule has 2 rings (SSSR count). The van der Waals surface area contributed by atoms with Crippen molar-refractivity contribution in [2.75, 3.05) is 12.4 Å². The Labute approximate surface area is 118 Å². The first kappa shape index (κ1) is 14.8. The van der Waals surface area contributed by atoms with Crippen LogP contribution < -0.4 is 11.1 Å². The van der Waals surface area contributed by atoms with E-state index >= 15 is 0 Å². The lowest BCUT2D eigenvalue weighted by molar-refractivity contribution is -0.129. The maximum Gasteiger partial charge on any atom is 0.245 e. The standard InChI is InChI=1S/C15H21FN2O2/c1-10-7-11(16)9-12(8-10)18-15(14(17)19)6-4-3-5-13(15)20-2/h7-9,13,18H,3-6H2,1-2H3,(H2,17,19). The van der Waals surface area contributed by atoms with Crippen LogP contribution >= 0.6 is 0 Å². The Morgan fingerprint density at radius 2 is 2.20 bits per heavy atom. The Morgan fingerprint density at radius 1 is 1.45 bits per heavy atom. The van der Waals surface area contributed by atoms with E-state index in [-0.39, 0.29) is 11.9 Å². The maximum absolute atomic E-state index is 13.5. The molecule has 5 heteroatoms. The molecular weight excluding hydrogens is 259 g/mol. The van der Waals surface area contributed by atoms with Crippen LogP contribution in [0.15, 0.2) is 18.2 Å². The fraction of sp³-hybridized carbons (Fsp3) is 0.533. The van der Waals surface area contributed by atoms with Crippen molar-refractivity contribution in [1.82, 2.24) is 0 Å². The summed E-state index contributed by atoms with van der Waals surface area (Å²) in [5, 5.41) is 3.14. The molecule has 1 amide bonds. The highest BCUT2D eigenvalue weighted by atomic mass is 19.1. The van der Waals surface area contributed by atoms with Gasteiger partial charge in [-0.3, -0.25) is 4.79 Å². The van der Waals surface area contributed by atoms with Crippen molar-refractivity contribution in [3.05, 3.63) is 29.6 Å². The number of nitrogens with two attached hydrogens (primary N) is 1. The third kappa shape index (κ3) is 2.77. The first-order chi connectivity index (χ1) is 9.48. The van der Waals surface area contributed by atoms with Gasteiger partial charge in [-0.05, 0) is 43.5 Å². The average molecular weight is 280 g/mol. The van der Waals surface area contributed by atoms with Gasteiger partial charge >= 0.3 is 0 Å². The van der Waals surface area contributed by atoms with Crippen molar-refractivity contribution in [1.29, 1.82) is 0 Å². The smallest absolute Gasteiger partial charge is 0.245 e. The first-order valence-electron chi connectivity index (χ1n) is 6.86. The van der Waals surface area contributed by atoms with Crippen molar-refractivity contribution in [2.45, 2.75) is 44.2 Å². The Hall–Kier alpha value is -1.62. The minimum absolute atomic E-state index is 0.294. The number of halogens is 1. The molecule has 1 aliphatic carbocycles. The van der Waals surface area contributed by atoms with Crippen molar-refractivity contribution < 1.29 is 13.9 Å². The highest BCUT2D eigenvalue weighted by Gasteiger charge is 2.46. The molecule has 0 heterocycles. The number of nitrogens with one attached hydrogen (secondary N) is 1. The molecular formula is C15H21FN2O2. The van der Waals surface area contributed by atoms with E-state index in [0.717, 1.165) is 24.8 Å². The number of aryl methyl sites for hydroxylation is 1. The molecule has 1 saturated carbocycles. The van der Waals surface area contributed by atoms with Crippen molar-refractivity contribution in [2.24, 2.45) is 5.73 Å². The molecule has 4 nitrogen and oxygen atoms in total. The number of rotatable bonds is 4. The number of carbonyl (C=O) groups excluding carboxylic acids is 1. The lowest BCUT2D eigenvalue weighted by Crippen LogP contribution is -2.60. The third-order valence-electron chi connectivity index (χ3n) is 3.97. The Balaban J connectivity index is 2.35. The third-order valence-corrected chi connectivity index (χ3v) is 3.97. The van der Waals surface area contributed by atoms with E-state index in [4.69, 9.17) is 10.5 Å². The lowest BCUT2D eigenvalue weighted by atomic mass is 9.78. The second kappa shape index (κ2) is 5.79. The molecule has 3 N–H and O–H groups in total. The molecule has 1 aromatic rings. The lowest BCUT2D eigenvalue weighted by Gasteiger charge is -2.42. The molecule has 110 valence electrons. The summed E-state index contributed by atoms with van der Waals surface area (Å²) in [5.74, 6) is -0.789. The van der Waals surface area contributed by atoms with E-state index in [1.807, 2.05) is 0 Å². The zero-order chi connectivity index (χ0) is 14.8. The number of benzene rings is 1. The maximum atomic E-state index is 13.5. The minimum Gasteiger partial charge on any atom is -0.378 e. The predicted molar refractivity (Wildman–Crippen MR) is 76.0 cm³/mol. The van der Waals surface area contributed by atoms with Gasteiger partial charge in [0.1, 0.15) is 11.4 Å². The Morgan fingerprint density at radius 3 is 2.80 bits per heavy atom. The number of hydrogen-bond donors (Lipinski definition) is 2. The number of primary amides is 1. The molecule has 0 bridgehead atoms. The molecule has 1 aliphatic rings. The summed E-state index contributed by atoms with van der Waals surface area (Å²) in [4.78, 5) is 12.0. The number of amides is 1. The normalized spacial score (nSPS) is 26.2. The van der Waals surface area contributed by atoms with E-state index in [9.17, 15) is 9.18 Å². The first-order valence-corrected chi connectivity index (χ1v) is 6.86. The van der Waals surface area contributed by atoms with Crippen molar-refractivity contribution in [3.8, 4) is 0 Å². The van der Waals surface area contributed by atoms with E-state index < -0.39 is 11.4 Å². The zero-order valence-electron chi connectivity index (χ0n) is 11.9. The van der Waals surface area contributed by atoms with Crippen LogP contribution in [-0.2, 0) is 9.53 Å². The molecule has 0 spiro atoms. The summed E-state index contributed by atoms with van der Waals surface area (Å²) in [6.07, 6.45) is 2.95. The van der Waals surface area contributed by atoms with E-state index in [2.05, 4.69) is 5.32 Å². The van der Waals surface area contributed by atoms with Gasteiger partial charge in [-0.15, -0.1) is 0 Å². The summed E-state index contributed by atoms with van der Waals surface area (Å²) >= 11 is 0. The number of anilines is 1. The SMILES string of the molecule is COC1CCCCC1(Nc1cc(C)cc(F)c1)C(N)=O. The molecule has 2 unspecified atom stereocenters. The van der Waals surface area contributed by atoms with Crippen LogP contribution in [0.25, 0.3) is 0 Å². The predicted octanol–water partition coefficient (Wildman–Crippen LogP) is 2.36. The van der Waals surface area contributed by atoms with Crippen LogP contribution in [-0.4, -0.2) is 24.7 Å². The topological polar surface area (TPSA) is 64.3 Å². The van der Waals surface area contributed by atoms with Gasteiger partial charge in [0, 0.05) is 12.8 Å². The number of methoxy groups -OCH3 is 1. The largest absolute Gasteiger partial charge is 0.378 e. The molecule has 0 aromatic heterocycles. The average Bonchev–Trinajstić information content (AvgIpc) is 2.37. The molecule has 2 atom stereocenters. The van der Waals surface area contributed by atoms with E-state index in [0.29, 0.717) is 12.1 Å².